The van der Waals surface area contributed by atoms with Gasteiger partial charge < -0.3 is 14.5 Å². The fourth-order valence-corrected chi connectivity index (χ4v) is 4.07. The minimum atomic E-state index is -0.578. The quantitative estimate of drug-likeness (QED) is 0.399. The first-order chi connectivity index (χ1) is 16.1. The van der Waals surface area contributed by atoms with Crippen LogP contribution in [0.3, 0.4) is 0 Å². The van der Waals surface area contributed by atoms with Crippen LogP contribution in [0.25, 0.3) is 22.6 Å². The summed E-state index contributed by atoms with van der Waals surface area (Å²) in [5.41, 5.74) is 3.28. The normalized spacial score (nSPS) is 15.5. The van der Waals surface area contributed by atoms with Crippen LogP contribution in [0.2, 0.25) is 5.02 Å². The lowest BCUT2D eigenvalue weighted by atomic mass is 9.92. The maximum absolute atomic E-state index is 14.1. The van der Waals surface area contributed by atoms with E-state index in [1.807, 2.05) is 24.3 Å². The van der Waals surface area contributed by atoms with Crippen LogP contribution in [0.1, 0.15) is 12.0 Å². The monoisotopic (exact) mass is 463 g/mol. The maximum Gasteiger partial charge on any atom is 0.229 e. The second kappa shape index (κ2) is 9.03. The number of aromatic nitrogens is 2. The van der Waals surface area contributed by atoms with Crippen molar-refractivity contribution in [1.82, 2.24) is 15.3 Å². The van der Waals surface area contributed by atoms with Gasteiger partial charge in [0.15, 0.2) is 0 Å². The zero-order valence-electron chi connectivity index (χ0n) is 17.4. The Labute approximate surface area is 194 Å². The van der Waals surface area contributed by atoms with Crippen molar-refractivity contribution in [2.75, 3.05) is 6.54 Å². The molecule has 0 saturated carbocycles. The number of amides is 1. The molecule has 2 aromatic heterocycles. The van der Waals surface area contributed by atoms with Crippen LogP contribution in [0.5, 0.6) is 11.5 Å². The number of pyridine rings is 1. The van der Waals surface area contributed by atoms with E-state index in [-0.39, 0.29) is 16.8 Å². The van der Waals surface area contributed by atoms with E-state index in [0.29, 0.717) is 42.3 Å². The van der Waals surface area contributed by atoms with Gasteiger partial charge in [0.1, 0.15) is 23.6 Å². The lowest BCUT2D eigenvalue weighted by molar-refractivity contribution is -0.119. The summed E-state index contributed by atoms with van der Waals surface area (Å²) in [6.45, 7) is 0.583. The highest BCUT2D eigenvalue weighted by Gasteiger charge is 2.26. The highest BCUT2D eigenvalue weighted by atomic mass is 35.5. The topological polar surface area (TPSA) is 77.2 Å². The van der Waals surface area contributed by atoms with Crippen molar-refractivity contribution in [2.45, 2.75) is 12.8 Å². The molecule has 1 aliphatic rings. The van der Waals surface area contributed by atoms with E-state index in [9.17, 15) is 9.18 Å². The van der Waals surface area contributed by atoms with Crippen LogP contribution in [-0.4, -0.2) is 22.4 Å². The molecule has 1 atom stereocenters. The second-order valence-electron chi connectivity index (χ2n) is 7.85. The molecular formula is C25H19ClFN3O3. The lowest BCUT2D eigenvalue weighted by Gasteiger charge is -2.18. The summed E-state index contributed by atoms with van der Waals surface area (Å²) in [6, 6.07) is 12.0. The van der Waals surface area contributed by atoms with Gasteiger partial charge in [0.05, 0.1) is 16.8 Å². The Morgan fingerprint density at radius 3 is 2.79 bits per heavy atom. The van der Waals surface area contributed by atoms with Crippen LogP contribution >= 0.6 is 11.6 Å². The Bertz CT molecular complexity index is 1300. The summed E-state index contributed by atoms with van der Waals surface area (Å²) in [5.74, 6) is 0.701. The first-order valence-electron chi connectivity index (χ1n) is 10.4. The molecule has 1 saturated heterocycles. The molecule has 3 heterocycles. The molecule has 1 aliphatic heterocycles. The van der Waals surface area contributed by atoms with Gasteiger partial charge in [0.2, 0.25) is 11.8 Å². The number of carbonyl (C=O) groups is 1. The molecule has 0 aliphatic carbocycles. The maximum atomic E-state index is 14.1. The van der Waals surface area contributed by atoms with E-state index >= 15 is 0 Å². The van der Waals surface area contributed by atoms with Gasteiger partial charge in [-0.2, -0.15) is 0 Å². The predicted molar refractivity (Wildman–Crippen MR) is 121 cm³/mol. The molecule has 2 aromatic carbocycles. The number of hydrogen-bond donors (Lipinski definition) is 1. The number of hydrogen-bond acceptors (Lipinski definition) is 5. The molecule has 0 radical (unpaired) electrons. The SMILES string of the molecule is O=C1CC(Cc2cc(-c3cccnc3)cc(-c3ncco3)c2Oc2ccc(Cl)c(F)c2)CN1. The zero-order valence-corrected chi connectivity index (χ0v) is 18.2. The third-order valence-electron chi connectivity index (χ3n) is 5.50. The molecular weight excluding hydrogens is 445 g/mol. The van der Waals surface area contributed by atoms with Gasteiger partial charge in [-0.05, 0) is 53.8 Å². The molecule has 33 heavy (non-hydrogen) atoms. The van der Waals surface area contributed by atoms with Crippen molar-refractivity contribution in [3.8, 4) is 34.1 Å². The van der Waals surface area contributed by atoms with Crippen LogP contribution < -0.4 is 10.1 Å². The molecule has 6 nitrogen and oxygen atoms in total. The van der Waals surface area contributed by atoms with Crippen molar-refractivity contribution in [3.63, 3.8) is 0 Å². The third-order valence-corrected chi connectivity index (χ3v) is 5.81. The van der Waals surface area contributed by atoms with E-state index in [0.717, 1.165) is 16.7 Å². The smallest absolute Gasteiger partial charge is 0.229 e. The molecule has 1 fully saturated rings. The number of oxazole rings is 1. The average Bonchev–Trinajstić information content (AvgIpc) is 3.50. The van der Waals surface area contributed by atoms with Gasteiger partial charge in [-0.1, -0.05) is 17.7 Å². The van der Waals surface area contributed by atoms with Crippen molar-refractivity contribution >= 4 is 17.5 Å². The molecule has 1 N–H and O–H groups in total. The summed E-state index contributed by atoms with van der Waals surface area (Å²) >= 11 is 5.84. The molecule has 8 heteroatoms. The highest BCUT2D eigenvalue weighted by Crippen LogP contribution is 2.41. The average molecular weight is 464 g/mol. The number of carbonyl (C=O) groups excluding carboxylic acids is 1. The number of benzene rings is 2. The Hall–Kier alpha value is -3.71. The van der Waals surface area contributed by atoms with E-state index in [2.05, 4.69) is 15.3 Å². The van der Waals surface area contributed by atoms with E-state index in [1.165, 1.54) is 18.4 Å². The van der Waals surface area contributed by atoms with E-state index in [1.54, 1.807) is 24.7 Å². The zero-order chi connectivity index (χ0) is 22.8. The standard InChI is InChI=1S/C25H19ClFN3O3/c26-21-4-3-19(12-22(21)27)33-24-18(8-15-9-23(31)30-13-15)10-17(16-2-1-5-28-14-16)11-20(24)25-29-6-7-32-25/h1-7,10-12,14-15H,8-9,13H2,(H,30,31). The summed E-state index contributed by atoms with van der Waals surface area (Å²) in [4.78, 5) is 20.3. The fourth-order valence-electron chi connectivity index (χ4n) is 3.95. The Balaban J connectivity index is 1.66. The number of nitrogens with one attached hydrogen (secondary N) is 1. The van der Waals surface area contributed by atoms with E-state index in [4.69, 9.17) is 20.8 Å². The summed E-state index contributed by atoms with van der Waals surface area (Å²) in [7, 11) is 0. The minimum absolute atomic E-state index is 0.0120. The first-order valence-corrected chi connectivity index (χ1v) is 10.8. The number of ether oxygens (including phenoxy) is 1. The van der Waals surface area contributed by atoms with Crippen molar-refractivity contribution in [2.24, 2.45) is 5.92 Å². The number of halogens is 2. The van der Waals surface area contributed by atoms with Crippen LogP contribution in [0, 0.1) is 11.7 Å². The molecule has 0 bridgehead atoms. The van der Waals surface area contributed by atoms with Gasteiger partial charge >= 0.3 is 0 Å². The molecule has 5 rings (SSSR count). The Morgan fingerprint density at radius 2 is 2.09 bits per heavy atom. The highest BCUT2D eigenvalue weighted by molar-refractivity contribution is 6.30. The summed E-state index contributed by atoms with van der Waals surface area (Å²) in [6.07, 6.45) is 7.52. The van der Waals surface area contributed by atoms with Crippen molar-refractivity contribution < 1.29 is 18.3 Å². The lowest BCUT2D eigenvalue weighted by Crippen LogP contribution is -2.14. The Morgan fingerprint density at radius 1 is 1.18 bits per heavy atom. The van der Waals surface area contributed by atoms with Gasteiger partial charge in [0, 0.05) is 37.0 Å². The molecule has 1 amide bonds. The third kappa shape index (κ3) is 4.59. The number of rotatable bonds is 6. The molecule has 4 aromatic rings. The summed E-state index contributed by atoms with van der Waals surface area (Å²) < 4.78 is 25.9. The predicted octanol–water partition coefficient (Wildman–Crippen LogP) is 5.67. The van der Waals surface area contributed by atoms with Crippen LogP contribution in [0.4, 0.5) is 4.39 Å². The Kier molecular flexibility index (Phi) is 5.79. The summed E-state index contributed by atoms with van der Waals surface area (Å²) in [5, 5.41) is 2.89. The first kappa shape index (κ1) is 21.2. The fraction of sp³-hybridized carbons (Fsp3) is 0.160. The second-order valence-corrected chi connectivity index (χ2v) is 8.25. The van der Waals surface area contributed by atoms with Gasteiger partial charge in [-0.25, -0.2) is 9.37 Å². The van der Waals surface area contributed by atoms with Gasteiger partial charge in [0.25, 0.3) is 0 Å². The van der Waals surface area contributed by atoms with E-state index < -0.39 is 5.82 Å². The van der Waals surface area contributed by atoms with Gasteiger partial charge in [-0.3, -0.25) is 9.78 Å². The van der Waals surface area contributed by atoms with Crippen LogP contribution in [-0.2, 0) is 11.2 Å². The van der Waals surface area contributed by atoms with Crippen molar-refractivity contribution in [3.05, 3.63) is 83.7 Å². The largest absolute Gasteiger partial charge is 0.456 e. The molecule has 1 unspecified atom stereocenters. The van der Waals surface area contributed by atoms with Crippen molar-refractivity contribution in [1.29, 1.82) is 0 Å². The van der Waals surface area contributed by atoms with Crippen LogP contribution in [0.15, 0.2) is 71.7 Å². The van der Waals surface area contributed by atoms with Gasteiger partial charge in [-0.15, -0.1) is 0 Å². The minimum Gasteiger partial charge on any atom is -0.456 e. The number of nitrogens with zero attached hydrogens (tertiary/aromatic N) is 2. The molecule has 166 valence electrons. The molecule has 0 spiro atoms.